The fourth-order valence-corrected chi connectivity index (χ4v) is 1.72. The van der Waals surface area contributed by atoms with Crippen LogP contribution in [0.5, 0.6) is 0 Å². The number of halogens is 5. The SMILES string of the molecule is C=CC[N+]1(CC=C)CCOCC1.[Cl-].[Cl][Cu].[Cl][Cu].[Cl][Cu].[Cl][Cu]. The van der Waals surface area contributed by atoms with E-state index >= 15 is 0 Å². The Morgan fingerprint density at radius 3 is 1.33 bits per heavy atom. The van der Waals surface area contributed by atoms with Crippen molar-refractivity contribution in [2.45, 2.75) is 0 Å². The molecule has 1 fully saturated rings. The molecule has 0 amide bonds. The summed E-state index contributed by atoms with van der Waals surface area (Å²) in [6, 6.07) is 0. The maximum atomic E-state index is 5.33. The van der Waals surface area contributed by atoms with Gasteiger partial charge in [0.15, 0.2) is 0 Å². The zero-order valence-electron chi connectivity index (χ0n) is 10.8. The van der Waals surface area contributed by atoms with Crippen LogP contribution in [0.25, 0.3) is 0 Å². The summed E-state index contributed by atoms with van der Waals surface area (Å²) in [5, 5.41) is 0. The van der Waals surface area contributed by atoms with E-state index in [9.17, 15) is 0 Å². The van der Waals surface area contributed by atoms with Gasteiger partial charge in [0.1, 0.15) is 13.1 Å². The molecule has 1 heterocycles. The number of quaternary nitrogens is 1. The molecule has 1 aliphatic rings. The summed E-state index contributed by atoms with van der Waals surface area (Å²) >= 11 is 14.6. The fourth-order valence-electron chi connectivity index (χ4n) is 1.72. The van der Waals surface area contributed by atoms with E-state index in [1.165, 1.54) is 0 Å². The first-order valence-corrected chi connectivity index (χ1v) is 10.1. The first-order valence-electron chi connectivity index (χ1n) is 4.93. The van der Waals surface area contributed by atoms with Gasteiger partial charge in [-0.2, -0.15) is 0 Å². The van der Waals surface area contributed by atoms with Crippen molar-refractivity contribution < 1.29 is 82.0 Å². The summed E-state index contributed by atoms with van der Waals surface area (Å²) in [5.41, 5.74) is 0. The Labute approximate surface area is 185 Å². The van der Waals surface area contributed by atoms with Crippen molar-refractivity contribution in [3.8, 4) is 0 Å². The molecule has 11 heteroatoms. The predicted molar refractivity (Wildman–Crippen MR) is 74.4 cm³/mol. The molecular formula is C10H18Cl5Cu4NO. The van der Waals surface area contributed by atoms with Crippen LogP contribution in [0, 0.1) is 0 Å². The van der Waals surface area contributed by atoms with E-state index < -0.39 is 0 Å². The summed E-state index contributed by atoms with van der Waals surface area (Å²) in [5.74, 6) is 0. The van der Waals surface area contributed by atoms with Gasteiger partial charge in [-0.05, 0) is 12.2 Å². The number of ether oxygens (including phenoxy) is 1. The third-order valence-electron chi connectivity index (χ3n) is 2.45. The van der Waals surface area contributed by atoms with Crippen molar-refractivity contribution in [3.63, 3.8) is 0 Å². The third-order valence-corrected chi connectivity index (χ3v) is 2.45. The summed E-state index contributed by atoms with van der Waals surface area (Å²) in [4.78, 5) is 0. The Morgan fingerprint density at radius 1 is 0.810 bits per heavy atom. The van der Waals surface area contributed by atoms with Crippen molar-refractivity contribution in [3.05, 3.63) is 25.3 Å². The monoisotopic (exact) mass is 595 g/mol. The van der Waals surface area contributed by atoms with E-state index in [2.05, 4.69) is 114 Å². The molecule has 0 spiro atoms. The van der Waals surface area contributed by atoms with Crippen molar-refractivity contribution in [2.24, 2.45) is 0 Å². The van der Waals surface area contributed by atoms with Crippen LogP contribution in [0.4, 0.5) is 0 Å². The van der Waals surface area contributed by atoms with Gasteiger partial charge in [-0.25, -0.2) is 0 Å². The second-order valence-electron chi connectivity index (χ2n) is 3.34. The molecule has 1 rings (SSSR count). The average molecular weight is 600 g/mol. The zero-order chi connectivity index (χ0) is 16.9. The summed E-state index contributed by atoms with van der Waals surface area (Å²) < 4.78 is 6.41. The van der Waals surface area contributed by atoms with Crippen LogP contribution in [0.3, 0.4) is 0 Å². The molecule has 1 saturated heterocycles. The zero-order valence-corrected chi connectivity index (χ0v) is 18.3. The van der Waals surface area contributed by atoms with Gasteiger partial charge in [0.25, 0.3) is 0 Å². The standard InChI is InChI=1S/C10H18NO.5ClH.4Cu/c1-3-5-11(6-4-2)7-9-12-10-8-11;;;;;;;;;/h3-4H,1-2,5-10H2;5*1H;;;;/q+1;;;;;;4*+1/p-5. The van der Waals surface area contributed by atoms with Crippen LogP contribution < -0.4 is 12.4 Å². The molecule has 0 N–H and O–H groups in total. The predicted octanol–water partition coefficient (Wildman–Crippen LogP) is 0.957. The second-order valence-corrected chi connectivity index (χ2v) is 3.34. The van der Waals surface area contributed by atoms with E-state index in [1.54, 1.807) is 0 Å². The van der Waals surface area contributed by atoms with Gasteiger partial charge in [-0.15, -0.1) is 0 Å². The van der Waals surface area contributed by atoms with E-state index in [0.717, 1.165) is 43.9 Å². The number of hydrogen-bond acceptors (Lipinski definition) is 1. The molecule has 0 radical (unpaired) electrons. The van der Waals surface area contributed by atoms with E-state index in [1.807, 2.05) is 12.2 Å². The number of morpholine rings is 1. The Bertz CT molecular complexity index is 177. The van der Waals surface area contributed by atoms with Gasteiger partial charge in [-0.1, -0.05) is 13.2 Å². The second kappa shape index (κ2) is 34.3. The Balaban J connectivity index is -0.0000000823. The van der Waals surface area contributed by atoms with Crippen LogP contribution in [-0.4, -0.2) is 43.9 Å². The van der Waals surface area contributed by atoms with E-state index in [-0.39, 0.29) is 12.4 Å². The Morgan fingerprint density at radius 2 is 1.10 bits per heavy atom. The molecule has 0 aromatic heterocycles. The maximum absolute atomic E-state index is 5.33. The molecule has 0 atom stereocenters. The molecule has 1 aliphatic heterocycles. The van der Waals surface area contributed by atoms with Crippen molar-refractivity contribution in [1.82, 2.24) is 0 Å². The average Bonchev–Trinajstić information content (AvgIpc) is 2.56. The molecule has 2 nitrogen and oxygen atoms in total. The summed E-state index contributed by atoms with van der Waals surface area (Å²) in [6.45, 7) is 13.6. The third kappa shape index (κ3) is 22.9. The van der Waals surface area contributed by atoms with Gasteiger partial charge in [0, 0.05) is 0 Å². The van der Waals surface area contributed by atoms with Gasteiger partial charge < -0.3 is 21.6 Å². The molecule has 0 aromatic carbocycles. The van der Waals surface area contributed by atoms with Gasteiger partial charge >= 0.3 is 101 Å². The first-order chi connectivity index (χ1) is 9.83. The number of rotatable bonds is 4. The normalized spacial score (nSPS) is 13.7. The molecule has 0 unspecified atom stereocenters. The molecule has 0 aromatic rings. The summed E-state index contributed by atoms with van der Waals surface area (Å²) in [7, 11) is 16.8. The fraction of sp³-hybridized carbons (Fsp3) is 0.600. The molecule has 148 valence electrons. The Hall–Kier alpha value is 2.93. The molecule has 0 aliphatic carbocycles. The van der Waals surface area contributed by atoms with Crippen molar-refractivity contribution >= 4 is 40.4 Å². The topological polar surface area (TPSA) is 9.23 Å². The minimum absolute atomic E-state index is 0. The molecule has 21 heavy (non-hydrogen) atoms. The van der Waals surface area contributed by atoms with Crippen LogP contribution in [-0.2, 0) is 65.1 Å². The first kappa shape index (κ1) is 35.1. The van der Waals surface area contributed by atoms with E-state index in [4.69, 9.17) is 4.74 Å². The number of hydrogen-bond donors (Lipinski definition) is 0. The van der Waals surface area contributed by atoms with Crippen molar-refractivity contribution in [1.29, 1.82) is 0 Å². The van der Waals surface area contributed by atoms with Gasteiger partial charge in [-0.3, -0.25) is 0 Å². The van der Waals surface area contributed by atoms with Gasteiger partial charge in [0.05, 0.1) is 26.3 Å². The number of nitrogens with zero attached hydrogens (tertiary/aromatic N) is 1. The quantitative estimate of drug-likeness (QED) is 0.266. The van der Waals surface area contributed by atoms with Crippen LogP contribution >= 0.6 is 40.4 Å². The molecular weight excluding hydrogens is 582 g/mol. The van der Waals surface area contributed by atoms with Gasteiger partial charge in [0.2, 0.25) is 0 Å². The Kier molecular flexibility index (Phi) is 57.3. The van der Waals surface area contributed by atoms with Crippen LogP contribution in [0.2, 0.25) is 0 Å². The van der Waals surface area contributed by atoms with Crippen LogP contribution in [0.1, 0.15) is 0 Å². The minimum atomic E-state index is 0. The summed E-state index contributed by atoms with van der Waals surface area (Å²) in [6.07, 6.45) is 3.99. The van der Waals surface area contributed by atoms with E-state index in [0.29, 0.717) is 0 Å². The van der Waals surface area contributed by atoms with Crippen LogP contribution in [0.15, 0.2) is 25.3 Å². The molecule has 0 bridgehead atoms. The van der Waals surface area contributed by atoms with Crippen molar-refractivity contribution in [2.75, 3.05) is 39.4 Å². The molecule has 0 saturated carbocycles.